The summed E-state index contributed by atoms with van der Waals surface area (Å²) in [6, 6.07) is 90.2. The number of pyridine rings is 2. The molecule has 0 spiro atoms. The van der Waals surface area contributed by atoms with E-state index in [1.165, 1.54) is 125 Å². The van der Waals surface area contributed by atoms with Crippen molar-refractivity contribution in [3.05, 3.63) is 273 Å². The maximum Gasteiger partial charge on any atom is 0.252 e. The first-order chi connectivity index (χ1) is 43.5. The van der Waals surface area contributed by atoms with Crippen molar-refractivity contribution in [2.75, 3.05) is 4.90 Å². The van der Waals surface area contributed by atoms with E-state index < -0.39 is 0 Å². The lowest BCUT2D eigenvalue weighted by Gasteiger charge is -2.41. The van der Waals surface area contributed by atoms with Crippen molar-refractivity contribution in [2.45, 2.75) is 52.4 Å². The average molecular weight is 1140 g/mol. The minimum Gasteiger partial charge on any atom is -0.311 e. The second-order valence-electron chi connectivity index (χ2n) is 26.8. The van der Waals surface area contributed by atoms with Crippen LogP contribution in [0.4, 0.5) is 17.1 Å². The molecule has 4 nitrogen and oxygen atoms in total. The van der Waals surface area contributed by atoms with Gasteiger partial charge in [-0.15, -0.1) is 0 Å². The van der Waals surface area contributed by atoms with Crippen LogP contribution in [0.1, 0.15) is 52.7 Å². The van der Waals surface area contributed by atoms with Crippen LogP contribution in [0.25, 0.3) is 137 Å². The van der Waals surface area contributed by atoms with Crippen LogP contribution in [0.15, 0.2) is 261 Å². The van der Waals surface area contributed by atoms with Gasteiger partial charge in [-0.1, -0.05) is 217 Å². The first-order valence-corrected chi connectivity index (χ1v) is 31.3. The molecule has 13 aromatic carbocycles. The maximum atomic E-state index is 4.83. The highest BCUT2D eigenvalue weighted by molar-refractivity contribution is 7.00. The van der Waals surface area contributed by atoms with Crippen molar-refractivity contribution >= 4 is 127 Å². The number of hydrogen-bond donors (Lipinski definition) is 0. The summed E-state index contributed by atoms with van der Waals surface area (Å²) in [6.07, 6.45) is 7.82. The van der Waals surface area contributed by atoms with Gasteiger partial charge in [0.05, 0.1) is 11.0 Å². The molecule has 0 saturated heterocycles. The van der Waals surface area contributed by atoms with Gasteiger partial charge in [-0.2, -0.15) is 0 Å². The number of benzene rings is 13. The lowest BCUT2D eigenvalue weighted by molar-refractivity contribution is 0.590. The van der Waals surface area contributed by atoms with Gasteiger partial charge in [-0.25, -0.2) is 0 Å². The van der Waals surface area contributed by atoms with Crippen molar-refractivity contribution in [1.29, 1.82) is 0 Å². The van der Waals surface area contributed by atoms with Gasteiger partial charge in [0.15, 0.2) is 0 Å². The molecule has 0 N–H and O–H groups in total. The third kappa shape index (κ3) is 7.55. The smallest absolute Gasteiger partial charge is 0.252 e. The highest BCUT2D eigenvalue weighted by atomic mass is 15.2. The summed E-state index contributed by atoms with van der Waals surface area (Å²) < 4.78 is 2.72. The number of hydrogen-bond acceptors (Lipinski definition) is 3. The zero-order valence-corrected chi connectivity index (χ0v) is 50.7. The average Bonchev–Trinajstić information content (AvgIpc) is 1.59. The summed E-state index contributed by atoms with van der Waals surface area (Å²) in [4.78, 5) is 12.3. The van der Waals surface area contributed by atoms with Gasteiger partial charge >= 0.3 is 0 Å². The van der Waals surface area contributed by atoms with Crippen LogP contribution in [-0.4, -0.2) is 21.2 Å². The van der Waals surface area contributed by atoms with E-state index in [9.17, 15) is 0 Å². The lowest BCUT2D eigenvalue weighted by Crippen LogP contribution is -2.60. The predicted octanol–water partition coefficient (Wildman–Crippen LogP) is 20.4. The number of rotatable bonds is 5. The van der Waals surface area contributed by atoms with Crippen LogP contribution >= 0.6 is 0 Å². The lowest BCUT2D eigenvalue weighted by atomic mass is 9.33. The second-order valence-corrected chi connectivity index (χ2v) is 26.8. The minimum atomic E-state index is -0.162. The van der Waals surface area contributed by atoms with E-state index in [1.807, 2.05) is 24.8 Å². The van der Waals surface area contributed by atoms with Crippen LogP contribution < -0.4 is 21.3 Å². The summed E-state index contributed by atoms with van der Waals surface area (Å²) in [5.41, 5.74) is 22.2. The predicted molar refractivity (Wildman–Crippen MR) is 380 cm³/mol. The fourth-order valence-electron chi connectivity index (χ4n) is 15.7. The molecule has 0 bridgehead atoms. The van der Waals surface area contributed by atoms with E-state index in [2.05, 4.69) is 288 Å². The highest BCUT2D eigenvalue weighted by Crippen LogP contribution is 2.53. The Morgan fingerprint density at radius 1 is 0.337 bits per heavy atom. The summed E-state index contributed by atoms with van der Waals surface area (Å²) in [5, 5.41) is 17.8. The number of anilines is 3. The largest absolute Gasteiger partial charge is 0.311 e. The first kappa shape index (κ1) is 51.6. The molecule has 0 unspecified atom stereocenters. The van der Waals surface area contributed by atoms with Crippen LogP contribution in [0.3, 0.4) is 0 Å². The molecule has 0 saturated carbocycles. The molecule has 0 amide bonds. The Labute approximate surface area is 518 Å². The third-order valence-corrected chi connectivity index (χ3v) is 19.8. The van der Waals surface area contributed by atoms with Gasteiger partial charge in [0.25, 0.3) is 6.71 Å². The summed E-state index contributed by atoms with van der Waals surface area (Å²) in [6.45, 7) is 13.8. The van der Waals surface area contributed by atoms with Crippen molar-refractivity contribution in [3.63, 3.8) is 0 Å². The van der Waals surface area contributed by atoms with Crippen molar-refractivity contribution < 1.29 is 0 Å². The van der Waals surface area contributed by atoms with Crippen LogP contribution in [0.2, 0.25) is 0 Å². The molecule has 0 fully saturated rings. The molecule has 0 radical (unpaired) electrons. The van der Waals surface area contributed by atoms with Crippen LogP contribution in [0.5, 0.6) is 0 Å². The molecule has 18 rings (SSSR count). The molecule has 16 aromatic rings. The van der Waals surface area contributed by atoms with Gasteiger partial charge in [0.1, 0.15) is 0 Å². The minimum absolute atomic E-state index is 0.0357. The Morgan fingerprint density at radius 2 is 0.831 bits per heavy atom. The Kier molecular flexibility index (Phi) is 11.0. The van der Waals surface area contributed by atoms with Gasteiger partial charge < -0.3 is 9.47 Å². The van der Waals surface area contributed by atoms with Gasteiger partial charge in [-0.3, -0.25) is 9.97 Å². The fourth-order valence-corrected chi connectivity index (χ4v) is 15.7. The molecule has 2 aliphatic rings. The first-order valence-electron chi connectivity index (χ1n) is 31.3. The van der Waals surface area contributed by atoms with Gasteiger partial charge in [0.2, 0.25) is 0 Å². The second kappa shape index (κ2) is 18.9. The number of aromatic nitrogens is 3. The maximum absolute atomic E-state index is 4.83. The third-order valence-electron chi connectivity index (χ3n) is 19.8. The molecule has 0 aliphatic carbocycles. The molecule has 89 heavy (non-hydrogen) atoms. The van der Waals surface area contributed by atoms with Crippen LogP contribution in [0, 0.1) is 0 Å². The highest BCUT2D eigenvalue weighted by Gasteiger charge is 2.44. The van der Waals surface area contributed by atoms with E-state index in [4.69, 9.17) is 9.97 Å². The zero-order chi connectivity index (χ0) is 59.6. The quantitative estimate of drug-likeness (QED) is 0.127. The van der Waals surface area contributed by atoms with Crippen LogP contribution in [-0.2, 0) is 10.8 Å². The number of nitrogens with zero attached hydrogens (tertiary/aromatic N) is 4. The molecular weight excluding hydrogens is 1080 g/mol. The van der Waals surface area contributed by atoms with E-state index in [0.717, 1.165) is 55.9 Å². The summed E-state index contributed by atoms with van der Waals surface area (Å²) >= 11 is 0. The Balaban J connectivity index is 1.09. The van der Waals surface area contributed by atoms with E-state index >= 15 is 0 Å². The molecule has 5 heteroatoms. The van der Waals surface area contributed by atoms with E-state index in [-0.39, 0.29) is 17.5 Å². The molecule has 420 valence electrons. The standard InChI is InChI=1S/C84H61BN4/c1-83(2,3)55-32-35-57(36-33-55)88-72-38-34-56(84(4,5)6)46-70(72)85-71-47-69-63-29-13-11-25-59(63)61-27-15-17-31-65(61)78(69)80-79-73(39-37-66-62-28-12-10-24-58(62)60-26-14-16-30-64(60)77(66)79)89(82(71)80)75-45-54(44-74(88)81(75)85)76-67(51-22-18-40-86-48-51)42-53(50-20-8-7-9-21-50)43-68(76)52-23-19-41-87-49-52/h7-49H,1-6H3. The Bertz CT molecular complexity index is 5580. The normalized spacial score (nSPS) is 13.0. The van der Waals surface area contributed by atoms with E-state index in [1.54, 1.807) is 0 Å². The number of fused-ring (bicyclic) bond motifs is 21. The molecular formula is C84H61BN4. The Hall–Kier alpha value is -10.6. The van der Waals surface area contributed by atoms with Crippen molar-refractivity contribution in [3.8, 4) is 50.2 Å². The van der Waals surface area contributed by atoms with Crippen molar-refractivity contribution in [1.82, 2.24) is 14.5 Å². The fraction of sp³-hybridized carbons (Fsp3) is 0.0952. The SMILES string of the molecule is CC(C)(C)c1ccc(N2c3ccc(C(C)(C)C)cc3B3c4c2cc(-c2c(-c5cccnc5)cc(-c5ccccc5)cc2-c2cccnc2)cc4-n2c4ccc5c6ccccc6c6ccccc6c5c4c4c5c6ccccc6c6ccccc6c5cc3c42)cc1. The molecule has 5 heterocycles. The van der Waals surface area contributed by atoms with Gasteiger partial charge in [-0.05, 0) is 186 Å². The monoisotopic (exact) mass is 1140 g/mol. The molecule has 3 aromatic heterocycles. The summed E-state index contributed by atoms with van der Waals surface area (Å²) in [7, 11) is 0. The molecule has 0 atom stereocenters. The Morgan fingerprint density at radius 3 is 1.39 bits per heavy atom. The van der Waals surface area contributed by atoms with E-state index in [0.29, 0.717) is 0 Å². The van der Waals surface area contributed by atoms with Gasteiger partial charge in [0, 0.05) is 80.2 Å². The zero-order valence-electron chi connectivity index (χ0n) is 50.7. The topological polar surface area (TPSA) is 34.0 Å². The van der Waals surface area contributed by atoms with Crippen molar-refractivity contribution in [2.24, 2.45) is 0 Å². The molecule has 2 aliphatic heterocycles. The summed E-state index contributed by atoms with van der Waals surface area (Å²) in [5.74, 6) is 0.